The van der Waals surface area contributed by atoms with Crippen molar-refractivity contribution < 1.29 is 23.9 Å². The first-order valence-corrected chi connectivity index (χ1v) is 22.9. The first-order chi connectivity index (χ1) is 31.7. The van der Waals surface area contributed by atoms with E-state index in [1.807, 2.05) is 40.5 Å². The standard InChI is InChI=1S/C49H54FN11O4/c1-32-46(35-7-3-2-4-8-35)47-51-42(29-45(61(47)54-32)58-21-18-57(19-22-58)24-25-62)36-9-5-6-33(26-36)10-11-38-30-59(55-53-38)23-20-56-16-14-34(15-17-56)39-27-37(50)28-40-41(39)31-60(49(40)65)43-12-13-44(63)52-48(43)64/h2-9,26-30,34,43,62H,10-25,31H2,1H3,(H,52,63,64). The van der Waals surface area contributed by atoms with E-state index in [0.717, 1.165) is 128 Å². The van der Waals surface area contributed by atoms with Crippen LogP contribution in [0.4, 0.5) is 10.2 Å². The predicted octanol–water partition coefficient (Wildman–Crippen LogP) is 4.64. The number of anilines is 1. The van der Waals surface area contributed by atoms with E-state index in [1.54, 1.807) is 6.07 Å². The molecule has 0 radical (unpaired) electrons. The Hall–Kier alpha value is -6.36. The van der Waals surface area contributed by atoms with Gasteiger partial charge in [0.05, 0.1) is 30.2 Å². The smallest absolute Gasteiger partial charge is 0.255 e. The minimum absolute atomic E-state index is 0.100. The summed E-state index contributed by atoms with van der Waals surface area (Å²) in [6.07, 6.45) is 5.68. The van der Waals surface area contributed by atoms with Crippen molar-refractivity contribution in [3.63, 3.8) is 0 Å². The maximum atomic E-state index is 14.9. The van der Waals surface area contributed by atoms with E-state index in [1.165, 1.54) is 16.5 Å². The van der Waals surface area contributed by atoms with Crippen molar-refractivity contribution in [3.8, 4) is 22.4 Å². The van der Waals surface area contributed by atoms with Gasteiger partial charge in [-0.2, -0.15) is 9.61 Å². The molecule has 16 heteroatoms. The van der Waals surface area contributed by atoms with Crippen molar-refractivity contribution in [2.75, 3.05) is 63.9 Å². The largest absolute Gasteiger partial charge is 0.395 e. The number of carbonyl (C=O) groups excluding carboxylic acids is 3. The number of hydrogen-bond donors (Lipinski definition) is 2. The molecule has 1 atom stereocenters. The Balaban J connectivity index is 0.773. The lowest BCUT2D eigenvalue weighted by Gasteiger charge is -2.35. The van der Waals surface area contributed by atoms with E-state index < -0.39 is 17.8 Å². The Morgan fingerprint density at radius 1 is 0.831 bits per heavy atom. The number of hydrogen-bond acceptors (Lipinski definition) is 11. The summed E-state index contributed by atoms with van der Waals surface area (Å²) in [5.41, 5.74) is 9.91. The molecule has 6 aromatic rings. The molecule has 3 amide bonds. The van der Waals surface area contributed by atoms with Crippen LogP contribution in [-0.2, 0) is 35.5 Å². The van der Waals surface area contributed by atoms with Crippen LogP contribution in [0.1, 0.15) is 70.0 Å². The zero-order valence-electron chi connectivity index (χ0n) is 36.7. The highest BCUT2D eigenvalue weighted by molar-refractivity contribution is 6.05. The van der Waals surface area contributed by atoms with Crippen LogP contribution in [-0.4, -0.2) is 132 Å². The van der Waals surface area contributed by atoms with Crippen molar-refractivity contribution in [3.05, 3.63) is 118 Å². The summed E-state index contributed by atoms with van der Waals surface area (Å²) in [5, 5.41) is 25.9. The van der Waals surface area contributed by atoms with Gasteiger partial charge in [0.1, 0.15) is 17.7 Å². The second kappa shape index (κ2) is 18.3. The molecule has 336 valence electrons. The molecule has 15 nitrogen and oxygen atoms in total. The van der Waals surface area contributed by atoms with E-state index in [-0.39, 0.29) is 43.7 Å². The Labute approximate surface area is 376 Å². The molecular formula is C49H54FN11O4. The Kier molecular flexibility index (Phi) is 12.0. The van der Waals surface area contributed by atoms with Crippen molar-refractivity contribution in [2.24, 2.45) is 0 Å². The van der Waals surface area contributed by atoms with E-state index >= 15 is 0 Å². The first-order valence-electron chi connectivity index (χ1n) is 22.9. The van der Waals surface area contributed by atoms with Gasteiger partial charge in [-0.05, 0) is 98.5 Å². The summed E-state index contributed by atoms with van der Waals surface area (Å²) in [6, 6.07) is 23.2. The maximum absolute atomic E-state index is 14.9. The van der Waals surface area contributed by atoms with Crippen LogP contribution >= 0.6 is 0 Å². The molecule has 3 aromatic carbocycles. The van der Waals surface area contributed by atoms with Gasteiger partial charge < -0.3 is 19.8 Å². The fourth-order valence-corrected chi connectivity index (χ4v) is 10.2. The number of amides is 3. The number of aliphatic hydroxyl groups excluding tert-OH is 1. The summed E-state index contributed by atoms with van der Waals surface area (Å²) in [7, 11) is 0. The first kappa shape index (κ1) is 42.6. The number of imide groups is 1. The molecule has 3 aromatic heterocycles. The highest BCUT2D eigenvalue weighted by Crippen LogP contribution is 2.38. The zero-order chi connectivity index (χ0) is 44.6. The van der Waals surface area contributed by atoms with Gasteiger partial charge in [-0.25, -0.2) is 9.37 Å². The number of aliphatic hydroxyl groups is 1. The number of likely N-dealkylation sites (tertiary alicyclic amines) is 1. The van der Waals surface area contributed by atoms with Gasteiger partial charge in [-0.1, -0.05) is 53.7 Å². The number of β-amino-alcohol motifs (C(OH)–C–C–N with tert-alkyl or cyclic N) is 1. The van der Waals surface area contributed by atoms with Gasteiger partial charge >= 0.3 is 0 Å². The van der Waals surface area contributed by atoms with Gasteiger partial charge in [-0.15, -0.1) is 5.10 Å². The average molecular weight is 880 g/mol. The Morgan fingerprint density at radius 3 is 2.40 bits per heavy atom. The molecule has 0 spiro atoms. The van der Waals surface area contributed by atoms with Crippen molar-refractivity contribution in [1.29, 1.82) is 0 Å². The number of nitrogens with zero attached hydrogens (tertiary/aromatic N) is 10. The van der Waals surface area contributed by atoms with Crippen LogP contribution in [0.25, 0.3) is 28.0 Å². The molecule has 4 aliphatic heterocycles. The van der Waals surface area contributed by atoms with Crippen LogP contribution in [0.2, 0.25) is 0 Å². The highest BCUT2D eigenvalue weighted by atomic mass is 19.1. The van der Waals surface area contributed by atoms with E-state index in [9.17, 15) is 23.9 Å². The Bertz CT molecular complexity index is 2740. The summed E-state index contributed by atoms with van der Waals surface area (Å²) < 4.78 is 18.9. The van der Waals surface area contributed by atoms with Crippen molar-refractivity contribution >= 4 is 29.2 Å². The number of benzene rings is 3. The fourth-order valence-electron chi connectivity index (χ4n) is 10.2. The molecule has 2 N–H and O–H groups in total. The molecule has 1 unspecified atom stereocenters. The third-order valence-corrected chi connectivity index (χ3v) is 13.7. The topological polar surface area (TPSA) is 157 Å². The van der Waals surface area contributed by atoms with E-state index in [2.05, 4.69) is 72.8 Å². The maximum Gasteiger partial charge on any atom is 0.255 e. The van der Waals surface area contributed by atoms with Gasteiger partial charge in [0.25, 0.3) is 5.91 Å². The molecule has 65 heavy (non-hydrogen) atoms. The number of rotatable bonds is 13. The van der Waals surface area contributed by atoms with Gasteiger partial charge in [0.2, 0.25) is 11.8 Å². The minimum Gasteiger partial charge on any atom is -0.395 e. The number of aromatic nitrogens is 6. The highest BCUT2D eigenvalue weighted by Gasteiger charge is 2.41. The normalized spacial score (nSPS) is 18.8. The minimum atomic E-state index is -0.731. The average Bonchev–Trinajstić information content (AvgIpc) is 4.02. The molecule has 0 aliphatic carbocycles. The quantitative estimate of drug-likeness (QED) is 0.156. The fraction of sp³-hybridized carbons (Fsp3) is 0.408. The summed E-state index contributed by atoms with van der Waals surface area (Å²) in [4.78, 5) is 51.6. The number of fused-ring (bicyclic) bond motifs is 2. The van der Waals surface area contributed by atoms with Gasteiger partial charge in [0.15, 0.2) is 5.65 Å². The monoisotopic (exact) mass is 879 g/mol. The van der Waals surface area contributed by atoms with Crippen LogP contribution in [0.5, 0.6) is 0 Å². The molecule has 0 saturated carbocycles. The number of carbonyl (C=O) groups is 3. The lowest BCUT2D eigenvalue weighted by molar-refractivity contribution is -0.136. The third kappa shape index (κ3) is 8.77. The molecule has 4 aliphatic rings. The van der Waals surface area contributed by atoms with E-state index in [0.29, 0.717) is 18.7 Å². The van der Waals surface area contributed by atoms with Crippen molar-refractivity contribution in [2.45, 2.75) is 70.5 Å². The second-order valence-corrected chi connectivity index (χ2v) is 17.8. The number of nitrogens with one attached hydrogen (secondary N) is 1. The van der Waals surface area contributed by atoms with Gasteiger partial charge in [-0.3, -0.25) is 29.3 Å². The molecule has 3 fully saturated rings. The zero-order valence-corrected chi connectivity index (χ0v) is 36.7. The van der Waals surface area contributed by atoms with Crippen LogP contribution in [0.3, 0.4) is 0 Å². The number of halogens is 1. The van der Waals surface area contributed by atoms with Gasteiger partial charge in [0, 0.05) is 81.2 Å². The van der Waals surface area contributed by atoms with Crippen molar-refractivity contribution in [1.82, 2.24) is 49.6 Å². The van der Waals surface area contributed by atoms with Crippen LogP contribution in [0.15, 0.2) is 79.0 Å². The van der Waals surface area contributed by atoms with E-state index in [4.69, 9.17) is 10.1 Å². The number of aryl methyl sites for hydroxylation is 3. The number of piperazine rings is 1. The summed E-state index contributed by atoms with van der Waals surface area (Å²) in [6.45, 7) is 9.69. The molecule has 7 heterocycles. The SMILES string of the molecule is Cc1nn2c(N3CCN(CCO)CC3)cc(-c3cccc(CCc4cn(CCN5CCC(c6cc(F)cc7c6CN(C6CCC(=O)NC6=O)C7=O)CC5)nn4)c3)nc2c1-c1ccccc1. The van der Waals surface area contributed by atoms with Crippen LogP contribution < -0.4 is 10.2 Å². The molecule has 3 saturated heterocycles. The third-order valence-electron chi connectivity index (χ3n) is 13.7. The summed E-state index contributed by atoms with van der Waals surface area (Å²) in [5.74, 6) is -0.481. The Morgan fingerprint density at radius 2 is 1.62 bits per heavy atom. The predicted molar refractivity (Wildman–Crippen MR) is 243 cm³/mol. The lowest BCUT2D eigenvalue weighted by Crippen LogP contribution is -2.52. The van der Waals surface area contributed by atoms with Crippen LogP contribution in [0, 0.1) is 12.7 Å². The lowest BCUT2D eigenvalue weighted by atomic mass is 9.85. The molecule has 0 bridgehead atoms. The number of piperidine rings is 2. The molecular weight excluding hydrogens is 826 g/mol. The summed E-state index contributed by atoms with van der Waals surface area (Å²) >= 11 is 0. The molecule has 10 rings (SSSR count). The second-order valence-electron chi connectivity index (χ2n) is 17.8.